The summed E-state index contributed by atoms with van der Waals surface area (Å²) < 4.78 is 16.0. The summed E-state index contributed by atoms with van der Waals surface area (Å²) in [7, 11) is 1.72. The fraction of sp³-hybridized carbons (Fsp3) is 0.217. The van der Waals surface area contributed by atoms with Gasteiger partial charge < -0.3 is 5.32 Å². The van der Waals surface area contributed by atoms with Gasteiger partial charge in [0, 0.05) is 12.6 Å². The van der Waals surface area contributed by atoms with Crippen LogP contribution >= 0.6 is 11.8 Å². The van der Waals surface area contributed by atoms with Gasteiger partial charge in [-0.1, -0.05) is 18.2 Å². The van der Waals surface area contributed by atoms with Gasteiger partial charge in [-0.2, -0.15) is 0 Å². The van der Waals surface area contributed by atoms with E-state index < -0.39 is 28.8 Å². The van der Waals surface area contributed by atoms with Crippen molar-refractivity contribution < 1.29 is 18.8 Å². The van der Waals surface area contributed by atoms with Gasteiger partial charge in [0.15, 0.2) is 0 Å². The first-order valence-electron chi connectivity index (χ1n) is 10.3. The molecular weight excluding hydrogens is 461 g/mol. The average Bonchev–Trinajstić information content (AvgIpc) is 3.04. The highest BCUT2D eigenvalue weighted by Gasteiger charge is 2.22. The van der Waals surface area contributed by atoms with Gasteiger partial charge in [-0.15, -0.1) is 11.8 Å². The van der Waals surface area contributed by atoms with Crippen LogP contribution in [0.3, 0.4) is 0 Å². The first kappa shape index (κ1) is 24.8. The Morgan fingerprint density at radius 2 is 1.68 bits per heavy atom. The molecule has 1 unspecified atom stereocenters. The summed E-state index contributed by atoms with van der Waals surface area (Å²) in [6.45, 7) is 3.34. The van der Waals surface area contributed by atoms with Gasteiger partial charge in [0.05, 0.1) is 22.4 Å². The summed E-state index contributed by atoms with van der Waals surface area (Å²) in [6, 6.07) is 13.9. The van der Waals surface area contributed by atoms with Crippen molar-refractivity contribution >= 4 is 35.2 Å². The van der Waals surface area contributed by atoms with Gasteiger partial charge in [0.25, 0.3) is 11.5 Å². The number of amides is 3. The van der Waals surface area contributed by atoms with Crippen LogP contribution in [-0.4, -0.2) is 38.1 Å². The molecular formula is C23H24FN5O4S. The lowest BCUT2D eigenvalue weighted by Crippen LogP contribution is -2.42. The minimum atomic E-state index is -0.650. The predicted molar refractivity (Wildman–Crippen MR) is 128 cm³/mol. The second-order valence-electron chi connectivity index (χ2n) is 7.39. The van der Waals surface area contributed by atoms with E-state index in [-0.39, 0.29) is 22.6 Å². The van der Waals surface area contributed by atoms with Crippen molar-refractivity contribution in [3.05, 3.63) is 82.0 Å². The van der Waals surface area contributed by atoms with E-state index in [0.29, 0.717) is 11.4 Å². The van der Waals surface area contributed by atoms with Crippen LogP contribution in [0.2, 0.25) is 0 Å². The maximum absolute atomic E-state index is 12.9. The smallest absolute Gasteiger partial charge is 0.295 e. The monoisotopic (exact) mass is 485 g/mol. The van der Waals surface area contributed by atoms with Crippen LogP contribution in [0.4, 0.5) is 10.1 Å². The number of carbonyl (C=O) groups excluding carboxylic acids is 3. The van der Waals surface area contributed by atoms with Crippen LogP contribution in [-0.2, 0) is 16.6 Å². The summed E-state index contributed by atoms with van der Waals surface area (Å²) >= 11 is 1.04. The molecule has 34 heavy (non-hydrogen) atoms. The third-order valence-corrected chi connectivity index (χ3v) is 6.20. The lowest BCUT2D eigenvalue weighted by molar-refractivity contribution is -0.119. The molecule has 1 aromatic heterocycles. The Hall–Kier alpha value is -3.86. The number of para-hydroxylation sites is 1. The average molecular weight is 486 g/mol. The summed E-state index contributed by atoms with van der Waals surface area (Å²) in [5.74, 6) is -2.14. The highest BCUT2D eigenvalue weighted by Crippen LogP contribution is 2.17. The number of hydrogen-bond acceptors (Lipinski definition) is 5. The molecule has 0 aliphatic rings. The first-order chi connectivity index (χ1) is 16.2. The van der Waals surface area contributed by atoms with E-state index in [0.717, 1.165) is 23.9 Å². The number of hydrogen-bond donors (Lipinski definition) is 3. The molecule has 0 radical (unpaired) electrons. The highest BCUT2D eigenvalue weighted by atomic mass is 32.2. The van der Waals surface area contributed by atoms with Gasteiger partial charge in [0.1, 0.15) is 11.5 Å². The highest BCUT2D eigenvalue weighted by molar-refractivity contribution is 8.01. The van der Waals surface area contributed by atoms with E-state index in [1.54, 1.807) is 37.7 Å². The Morgan fingerprint density at radius 1 is 1.03 bits per heavy atom. The maximum atomic E-state index is 12.9. The Kier molecular flexibility index (Phi) is 7.90. The van der Waals surface area contributed by atoms with Crippen LogP contribution in [0.1, 0.15) is 23.0 Å². The lowest BCUT2D eigenvalue weighted by atomic mass is 10.2. The zero-order valence-electron chi connectivity index (χ0n) is 18.8. The Labute approximate surface area is 199 Å². The molecule has 11 heteroatoms. The molecule has 0 aliphatic carbocycles. The largest absolute Gasteiger partial charge is 0.319 e. The molecule has 2 aromatic carbocycles. The number of benzene rings is 2. The van der Waals surface area contributed by atoms with Gasteiger partial charge in [0.2, 0.25) is 11.8 Å². The first-order valence-corrected chi connectivity index (χ1v) is 11.3. The van der Waals surface area contributed by atoms with Crippen molar-refractivity contribution in [1.82, 2.24) is 20.2 Å². The number of nitrogens with zero attached hydrogens (tertiary/aromatic N) is 2. The number of nitrogens with one attached hydrogen (secondary N) is 3. The fourth-order valence-electron chi connectivity index (χ4n) is 3.05. The molecule has 0 bridgehead atoms. The van der Waals surface area contributed by atoms with E-state index in [2.05, 4.69) is 16.2 Å². The minimum Gasteiger partial charge on any atom is -0.319 e. The standard InChI is InChI=1S/C23H24FN5O4S/c1-14-20(23(33)29(28(14)3)18-7-5-4-6-8-18)25-21(31)15(2)34-13-19(30)26-27-22(32)16-9-11-17(24)12-10-16/h4-12,15H,13H2,1-3H3,(H,25,31)(H,26,30)(H,27,32). The molecule has 0 spiro atoms. The van der Waals surface area contributed by atoms with Crippen molar-refractivity contribution in [3.8, 4) is 5.69 Å². The summed E-state index contributed by atoms with van der Waals surface area (Å²) in [6.07, 6.45) is 0. The molecule has 1 heterocycles. The minimum absolute atomic E-state index is 0.111. The summed E-state index contributed by atoms with van der Waals surface area (Å²) in [4.78, 5) is 49.5. The van der Waals surface area contributed by atoms with Crippen molar-refractivity contribution in [2.24, 2.45) is 7.05 Å². The van der Waals surface area contributed by atoms with Gasteiger partial charge in [-0.3, -0.25) is 34.7 Å². The number of anilines is 1. The third-order valence-electron chi connectivity index (χ3n) is 5.06. The van der Waals surface area contributed by atoms with Crippen molar-refractivity contribution in [2.45, 2.75) is 19.1 Å². The molecule has 3 rings (SSSR count). The Bertz CT molecular complexity index is 1250. The second-order valence-corrected chi connectivity index (χ2v) is 8.72. The maximum Gasteiger partial charge on any atom is 0.295 e. The number of aromatic nitrogens is 2. The molecule has 0 saturated carbocycles. The van der Waals surface area contributed by atoms with Crippen LogP contribution in [0.5, 0.6) is 0 Å². The van der Waals surface area contributed by atoms with E-state index in [1.807, 2.05) is 18.2 Å². The fourth-order valence-corrected chi connectivity index (χ4v) is 3.73. The summed E-state index contributed by atoms with van der Waals surface area (Å²) in [5, 5.41) is 2.01. The molecule has 0 fully saturated rings. The normalized spacial score (nSPS) is 11.5. The zero-order valence-corrected chi connectivity index (χ0v) is 19.6. The molecule has 3 aromatic rings. The van der Waals surface area contributed by atoms with Crippen LogP contribution < -0.4 is 21.7 Å². The van der Waals surface area contributed by atoms with E-state index in [9.17, 15) is 23.6 Å². The zero-order chi connectivity index (χ0) is 24.8. The summed E-state index contributed by atoms with van der Waals surface area (Å²) in [5.41, 5.74) is 5.71. The Morgan fingerprint density at radius 3 is 2.32 bits per heavy atom. The van der Waals surface area contributed by atoms with E-state index >= 15 is 0 Å². The van der Waals surface area contributed by atoms with Gasteiger partial charge >= 0.3 is 0 Å². The topological polar surface area (TPSA) is 114 Å². The molecule has 9 nitrogen and oxygen atoms in total. The van der Waals surface area contributed by atoms with E-state index in [1.165, 1.54) is 16.8 Å². The molecule has 178 valence electrons. The van der Waals surface area contributed by atoms with Crippen LogP contribution in [0.15, 0.2) is 59.4 Å². The van der Waals surface area contributed by atoms with Crippen molar-refractivity contribution in [1.29, 1.82) is 0 Å². The quantitative estimate of drug-likeness (QED) is 0.444. The number of hydrazine groups is 1. The lowest BCUT2D eigenvalue weighted by Gasteiger charge is -2.12. The van der Waals surface area contributed by atoms with E-state index in [4.69, 9.17) is 0 Å². The number of thioether (sulfide) groups is 1. The van der Waals surface area contributed by atoms with Crippen LogP contribution in [0.25, 0.3) is 5.69 Å². The van der Waals surface area contributed by atoms with Gasteiger partial charge in [-0.25, -0.2) is 9.07 Å². The molecule has 3 amide bonds. The number of rotatable bonds is 7. The predicted octanol–water partition coefficient (Wildman–Crippen LogP) is 2.14. The SMILES string of the molecule is Cc1c(NC(=O)C(C)SCC(=O)NNC(=O)c2ccc(F)cc2)c(=O)n(-c2ccccc2)n1C. The molecule has 3 N–H and O–H groups in total. The molecule has 1 atom stereocenters. The second kappa shape index (κ2) is 10.8. The van der Waals surface area contributed by atoms with Gasteiger partial charge in [-0.05, 0) is 50.2 Å². The Balaban J connectivity index is 1.54. The van der Waals surface area contributed by atoms with Crippen LogP contribution in [0, 0.1) is 12.7 Å². The molecule has 0 saturated heterocycles. The number of halogens is 1. The third kappa shape index (κ3) is 5.73. The van der Waals surface area contributed by atoms with Crippen molar-refractivity contribution in [3.63, 3.8) is 0 Å². The number of carbonyl (C=O) groups is 3. The van der Waals surface area contributed by atoms with Crippen molar-refractivity contribution in [2.75, 3.05) is 11.1 Å². The molecule has 0 aliphatic heterocycles.